The summed E-state index contributed by atoms with van der Waals surface area (Å²) in [6, 6.07) is 22.6. The average molecular weight is 383 g/mol. The third-order valence-corrected chi connectivity index (χ3v) is 4.68. The van der Waals surface area contributed by atoms with E-state index >= 15 is 0 Å². The second-order valence-corrected chi connectivity index (χ2v) is 6.52. The predicted molar refractivity (Wildman–Crippen MR) is 111 cm³/mol. The average Bonchev–Trinajstić information content (AvgIpc) is 2.78. The van der Waals surface area contributed by atoms with E-state index in [-0.39, 0.29) is 17.2 Å². The minimum Gasteiger partial charge on any atom is -0.505 e. The largest absolute Gasteiger partial charge is 0.505 e. The number of aryl methyl sites for hydroxylation is 1. The molecule has 1 N–H and O–H groups in total. The molecule has 0 atom stereocenters. The number of hydrogen-bond donors (Lipinski definition) is 1. The smallest absolute Gasteiger partial charge is 0.282 e. The van der Waals surface area contributed by atoms with Crippen molar-refractivity contribution >= 4 is 28.1 Å². The van der Waals surface area contributed by atoms with Crippen LogP contribution in [0.15, 0.2) is 93.9 Å². The van der Waals surface area contributed by atoms with Gasteiger partial charge in [0.05, 0.1) is 11.2 Å². The normalized spacial score (nSPS) is 11.2. The molecule has 0 aliphatic carbocycles. The zero-order valence-electron chi connectivity index (χ0n) is 15.6. The monoisotopic (exact) mass is 383 g/mol. The van der Waals surface area contributed by atoms with Crippen molar-refractivity contribution < 1.29 is 9.90 Å². The molecule has 0 spiro atoms. The predicted octanol–water partition coefficient (Wildman–Crippen LogP) is 4.89. The molecule has 0 bridgehead atoms. The molecule has 0 saturated heterocycles. The van der Waals surface area contributed by atoms with E-state index in [1.807, 2.05) is 18.2 Å². The maximum Gasteiger partial charge on any atom is 0.282 e. The Morgan fingerprint density at radius 2 is 1.45 bits per heavy atom. The number of pyridine rings is 1. The molecular weight excluding hydrogens is 366 g/mol. The molecule has 0 radical (unpaired) electrons. The van der Waals surface area contributed by atoms with Crippen LogP contribution in [0.5, 0.6) is 5.75 Å². The van der Waals surface area contributed by atoms with Gasteiger partial charge in [-0.2, -0.15) is 5.11 Å². The van der Waals surface area contributed by atoms with Crippen LogP contribution in [-0.4, -0.2) is 15.5 Å². The molecule has 1 aromatic heterocycles. The van der Waals surface area contributed by atoms with E-state index in [1.165, 1.54) is 4.57 Å². The number of para-hydroxylation sites is 1. The fourth-order valence-electron chi connectivity index (χ4n) is 3.10. The van der Waals surface area contributed by atoms with Gasteiger partial charge in [-0.1, -0.05) is 42.5 Å². The van der Waals surface area contributed by atoms with E-state index in [4.69, 9.17) is 0 Å². The van der Waals surface area contributed by atoms with Crippen molar-refractivity contribution in [3.05, 3.63) is 100 Å². The summed E-state index contributed by atoms with van der Waals surface area (Å²) in [5, 5.41) is 19.0. The van der Waals surface area contributed by atoms with Crippen molar-refractivity contribution in [1.82, 2.24) is 4.57 Å². The van der Waals surface area contributed by atoms with E-state index in [0.29, 0.717) is 27.7 Å². The van der Waals surface area contributed by atoms with E-state index in [2.05, 4.69) is 10.2 Å². The van der Waals surface area contributed by atoms with Gasteiger partial charge in [-0.25, -0.2) is 0 Å². The van der Waals surface area contributed by atoms with Crippen LogP contribution in [0.3, 0.4) is 0 Å². The molecule has 0 aliphatic rings. The SMILES string of the molecule is Cn1c(=O)c(N=Nc2ccc(C(=O)c3ccccc3)cc2)c(O)c2ccccc21. The number of carbonyl (C=O) groups excluding carboxylic acids is 1. The molecule has 4 aromatic rings. The van der Waals surface area contributed by atoms with E-state index in [9.17, 15) is 14.7 Å². The fraction of sp³-hybridized carbons (Fsp3) is 0.0435. The summed E-state index contributed by atoms with van der Waals surface area (Å²) >= 11 is 0. The van der Waals surface area contributed by atoms with Gasteiger partial charge in [0.2, 0.25) is 0 Å². The van der Waals surface area contributed by atoms with Gasteiger partial charge in [-0.05, 0) is 36.4 Å². The van der Waals surface area contributed by atoms with Gasteiger partial charge >= 0.3 is 0 Å². The lowest BCUT2D eigenvalue weighted by molar-refractivity contribution is 0.103. The Bertz CT molecular complexity index is 1290. The lowest BCUT2D eigenvalue weighted by Crippen LogP contribution is -2.16. The molecule has 6 heteroatoms. The van der Waals surface area contributed by atoms with Crippen molar-refractivity contribution in [2.75, 3.05) is 0 Å². The van der Waals surface area contributed by atoms with Gasteiger partial charge in [0, 0.05) is 23.6 Å². The molecule has 29 heavy (non-hydrogen) atoms. The lowest BCUT2D eigenvalue weighted by Gasteiger charge is -2.08. The number of ketones is 1. The fourth-order valence-corrected chi connectivity index (χ4v) is 3.10. The lowest BCUT2D eigenvalue weighted by atomic mass is 10.0. The summed E-state index contributed by atoms with van der Waals surface area (Å²) in [7, 11) is 1.62. The standard InChI is InChI=1S/C23H17N3O3/c1-26-19-10-6-5-9-18(19)22(28)20(23(26)29)25-24-17-13-11-16(12-14-17)21(27)15-7-3-2-4-8-15/h2-14,28H,1H3. The molecule has 0 unspecified atom stereocenters. The number of aromatic hydroxyl groups is 1. The summed E-state index contributed by atoms with van der Waals surface area (Å²) in [6.07, 6.45) is 0. The Morgan fingerprint density at radius 3 is 2.17 bits per heavy atom. The maximum atomic E-state index is 12.5. The minimum absolute atomic E-state index is 0.0878. The summed E-state index contributed by atoms with van der Waals surface area (Å²) in [5.74, 6) is -0.293. The highest BCUT2D eigenvalue weighted by Gasteiger charge is 2.14. The zero-order valence-corrected chi connectivity index (χ0v) is 15.6. The van der Waals surface area contributed by atoms with Crippen LogP contribution in [0.25, 0.3) is 10.9 Å². The van der Waals surface area contributed by atoms with Crippen molar-refractivity contribution in [3.63, 3.8) is 0 Å². The number of hydrogen-bond acceptors (Lipinski definition) is 5. The zero-order chi connectivity index (χ0) is 20.4. The van der Waals surface area contributed by atoms with Gasteiger partial charge in [-0.3, -0.25) is 9.59 Å². The van der Waals surface area contributed by atoms with Crippen LogP contribution in [0.1, 0.15) is 15.9 Å². The van der Waals surface area contributed by atoms with E-state index < -0.39 is 5.56 Å². The van der Waals surface area contributed by atoms with Gasteiger partial charge < -0.3 is 9.67 Å². The Balaban J connectivity index is 1.65. The number of nitrogens with zero attached hydrogens (tertiary/aromatic N) is 3. The Hall–Kier alpha value is -4.06. The van der Waals surface area contributed by atoms with Crippen LogP contribution in [-0.2, 0) is 7.05 Å². The molecule has 0 amide bonds. The number of rotatable bonds is 4. The highest BCUT2D eigenvalue weighted by Crippen LogP contribution is 2.32. The van der Waals surface area contributed by atoms with E-state index in [1.54, 1.807) is 67.7 Å². The number of benzene rings is 3. The van der Waals surface area contributed by atoms with Crippen molar-refractivity contribution in [2.45, 2.75) is 0 Å². The van der Waals surface area contributed by atoms with Gasteiger partial charge in [0.15, 0.2) is 17.2 Å². The molecule has 3 aromatic carbocycles. The molecule has 6 nitrogen and oxygen atoms in total. The number of carbonyl (C=O) groups is 1. The topological polar surface area (TPSA) is 84.0 Å². The maximum absolute atomic E-state index is 12.5. The van der Waals surface area contributed by atoms with Crippen molar-refractivity contribution in [2.24, 2.45) is 17.3 Å². The first-order valence-corrected chi connectivity index (χ1v) is 8.98. The van der Waals surface area contributed by atoms with Gasteiger partial charge in [0.1, 0.15) is 0 Å². The van der Waals surface area contributed by atoms with Crippen LogP contribution in [0, 0.1) is 0 Å². The Morgan fingerprint density at radius 1 is 0.828 bits per heavy atom. The molecule has 0 saturated carbocycles. The molecule has 0 aliphatic heterocycles. The summed E-state index contributed by atoms with van der Waals surface area (Å²) in [4.78, 5) is 25.0. The first-order valence-electron chi connectivity index (χ1n) is 8.98. The molecule has 142 valence electrons. The molecule has 4 rings (SSSR count). The quantitative estimate of drug-likeness (QED) is 0.402. The minimum atomic E-state index is -0.444. The van der Waals surface area contributed by atoms with Crippen LogP contribution in [0.2, 0.25) is 0 Å². The molecule has 0 fully saturated rings. The summed E-state index contributed by atoms with van der Waals surface area (Å²) in [6.45, 7) is 0. The van der Waals surface area contributed by atoms with Gasteiger partial charge in [-0.15, -0.1) is 5.11 Å². The van der Waals surface area contributed by atoms with Crippen molar-refractivity contribution in [1.29, 1.82) is 0 Å². The van der Waals surface area contributed by atoms with Crippen LogP contribution in [0.4, 0.5) is 11.4 Å². The van der Waals surface area contributed by atoms with E-state index in [0.717, 1.165) is 0 Å². The van der Waals surface area contributed by atoms with Gasteiger partial charge in [0.25, 0.3) is 5.56 Å². The number of fused-ring (bicyclic) bond motifs is 1. The first-order chi connectivity index (χ1) is 14.1. The molecular formula is C23H17N3O3. The number of azo groups is 1. The molecule has 1 heterocycles. The second kappa shape index (κ2) is 7.52. The Labute approximate surface area is 166 Å². The first kappa shape index (κ1) is 18.3. The van der Waals surface area contributed by atoms with Crippen LogP contribution < -0.4 is 5.56 Å². The second-order valence-electron chi connectivity index (χ2n) is 6.52. The summed E-state index contributed by atoms with van der Waals surface area (Å²) < 4.78 is 1.42. The highest BCUT2D eigenvalue weighted by atomic mass is 16.3. The highest BCUT2D eigenvalue weighted by molar-refractivity contribution is 6.09. The third kappa shape index (κ3) is 3.43. The third-order valence-electron chi connectivity index (χ3n) is 4.68. The van der Waals surface area contributed by atoms with Crippen LogP contribution >= 0.6 is 0 Å². The van der Waals surface area contributed by atoms with Crippen molar-refractivity contribution in [3.8, 4) is 5.75 Å². The summed E-state index contributed by atoms with van der Waals surface area (Å²) in [5.41, 5.74) is 1.63. The number of aromatic nitrogens is 1. The Kier molecular flexibility index (Phi) is 4.75.